The van der Waals surface area contributed by atoms with Crippen LogP contribution in [0.5, 0.6) is 0 Å². The van der Waals surface area contributed by atoms with Crippen molar-refractivity contribution in [2.75, 3.05) is 37.8 Å². The van der Waals surface area contributed by atoms with Crippen molar-refractivity contribution in [2.45, 2.75) is 6.42 Å². The molecule has 0 fully saturated rings. The Morgan fingerprint density at radius 2 is 2.30 bits per heavy atom. The number of carbonyl (C=O) groups excluding carboxylic acids is 1. The van der Waals surface area contributed by atoms with Crippen LogP contribution in [0.2, 0.25) is 0 Å². The van der Waals surface area contributed by atoms with Crippen molar-refractivity contribution in [3.63, 3.8) is 0 Å². The number of aliphatic hydroxyl groups excluding tert-OH is 1. The number of benzene rings is 1. The van der Waals surface area contributed by atoms with Crippen molar-refractivity contribution in [2.24, 2.45) is 0 Å². The summed E-state index contributed by atoms with van der Waals surface area (Å²) in [6, 6.07) is 5.47. The predicted molar refractivity (Wildman–Crippen MR) is 81.9 cm³/mol. The Bertz CT molecular complexity index is 599. The van der Waals surface area contributed by atoms with Crippen LogP contribution in [0.4, 0.5) is 10.8 Å². The zero-order valence-corrected chi connectivity index (χ0v) is 12.1. The number of nitrogens with zero attached hydrogens (tertiary/aromatic N) is 2. The standard InChI is InChI=1S/C13H18N4O2S/c1-17(6-7-18)5-4-12(19)16-13-15-10-3-2-9(14)8-11(10)20-13/h2-3,8,18H,4-7,14H2,1H3,(H,15,16,19). The first-order valence-electron chi connectivity index (χ1n) is 6.34. The van der Waals surface area contributed by atoms with Crippen LogP contribution in [0.25, 0.3) is 10.2 Å². The van der Waals surface area contributed by atoms with Gasteiger partial charge in [0.2, 0.25) is 5.91 Å². The molecule has 4 N–H and O–H groups in total. The first kappa shape index (κ1) is 14.7. The maximum Gasteiger partial charge on any atom is 0.227 e. The van der Waals surface area contributed by atoms with E-state index in [1.165, 1.54) is 11.3 Å². The van der Waals surface area contributed by atoms with E-state index < -0.39 is 0 Å². The Morgan fingerprint density at radius 3 is 3.05 bits per heavy atom. The SMILES string of the molecule is CN(CCO)CCC(=O)Nc1nc2ccc(N)cc2s1. The second-order valence-electron chi connectivity index (χ2n) is 4.57. The van der Waals surface area contributed by atoms with Crippen molar-refractivity contribution in [3.8, 4) is 0 Å². The van der Waals surface area contributed by atoms with E-state index in [1.54, 1.807) is 6.07 Å². The van der Waals surface area contributed by atoms with E-state index in [2.05, 4.69) is 10.3 Å². The van der Waals surface area contributed by atoms with Gasteiger partial charge in [0, 0.05) is 25.2 Å². The van der Waals surface area contributed by atoms with E-state index in [-0.39, 0.29) is 12.5 Å². The number of hydrogen-bond acceptors (Lipinski definition) is 6. The smallest absolute Gasteiger partial charge is 0.227 e. The number of rotatable bonds is 6. The molecule has 6 nitrogen and oxygen atoms in total. The number of aliphatic hydroxyl groups is 1. The molecule has 2 aromatic rings. The molecule has 0 saturated heterocycles. The number of thiazole rings is 1. The summed E-state index contributed by atoms with van der Waals surface area (Å²) >= 11 is 1.41. The number of anilines is 2. The maximum atomic E-state index is 11.8. The summed E-state index contributed by atoms with van der Waals surface area (Å²) in [6.07, 6.45) is 0.370. The largest absolute Gasteiger partial charge is 0.399 e. The predicted octanol–water partition coefficient (Wildman–Crippen LogP) is 1.13. The summed E-state index contributed by atoms with van der Waals surface area (Å²) in [5, 5.41) is 12.1. The van der Waals surface area contributed by atoms with Crippen LogP contribution in [-0.4, -0.2) is 47.6 Å². The van der Waals surface area contributed by atoms with Gasteiger partial charge in [0.05, 0.1) is 16.8 Å². The van der Waals surface area contributed by atoms with Gasteiger partial charge in [0.1, 0.15) is 0 Å². The lowest BCUT2D eigenvalue weighted by atomic mass is 10.3. The minimum atomic E-state index is -0.0817. The lowest BCUT2D eigenvalue weighted by Gasteiger charge is -2.13. The van der Waals surface area contributed by atoms with E-state index in [1.807, 2.05) is 24.1 Å². The van der Waals surface area contributed by atoms with Gasteiger partial charge in [-0.25, -0.2) is 4.98 Å². The molecule has 0 aliphatic rings. The molecular formula is C13H18N4O2S. The molecular weight excluding hydrogens is 276 g/mol. The molecule has 0 atom stereocenters. The van der Waals surface area contributed by atoms with Crippen LogP contribution in [0.3, 0.4) is 0 Å². The van der Waals surface area contributed by atoms with E-state index in [4.69, 9.17) is 10.8 Å². The van der Waals surface area contributed by atoms with Crippen molar-refractivity contribution in [1.29, 1.82) is 0 Å². The summed E-state index contributed by atoms with van der Waals surface area (Å²) in [5.74, 6) is -0.0817. The summed E-state index contributed by atoms with van der Waals surface area (Å²) in [6.45, 7) is 1.26. The van der Waals surface area contributed by atoms with Gasteiger partial charge >= 0.3 is 0 Å². The highest BCUT2D eigenvalue weighted by atomic mass is 32.1. The average molecular weight is 294 g/mol. The van der Waals surface area contributed by atoms with Crippen LogP contribution in [0.1, 0.15) is 6.42 Å². The van der Waals surface area contributed by atoms with Crippen LogP contribution >= 0.6 is 11.3 Å². The second-order valence-corrected chi connectivity index (χ2v) is 5.60. The number of hydrogen-bond donors (Lipinski definition) is 3. The van der Waals surface area contributed by atoms with Crippen molar-refractivity contribution in [3.05, 3.63) is 18.2 Å². The lowest BCUT2D eigenvalue weighted by molar-refractivity contribution is -0.116. The quantitative estimate of drug-likeness (QED) is 0.695. The average Bonchev–Trinajstić information content (AvgIpc) is 2.78. The molecule has 0 unspecified atom stereocenters. The van der Waals surface area contributed by atoms with Crippen LogP contribution < -0.4 is 11.1 Å². The first-order chi connectivity index (χ1) is 9.58. The third-order valence-electron chi connectivity index (χ3n) is 2.86. The number of aromatic nitrogens is 1. The fourth-order valence-corrected chi connectivity index (χ4v) is 2.68. The Morgan fingerprint density at radius 1 is 1.50 bits per heavy atom. The first-order valence-corrected chi connectivity index (χ1v) is 7.15. The molecule has 0 aliphatic carbocycles. The molecule has 0 radical (unpaired) electrons. The number of fused-ring (bicyclic) bond motifs is 1. The number of amides is 1. The Hall–Kier alpha value is -1.70. The van der Waals surface area contributed by atoms with Gasteiger partial charge < -0.3 is 21.1 Å². The Kier molecular flexibility index (Phi) is 4.89. The maximum absolute atomic E-state index is 11.8. The highest BCUT2D eigenvalue weighted by molar-refractivity contribution is 7.22. The summed E-state index contributed by atoms with van der Waals surface area (Å²) in [5.41, 5.74) is 7.22. The fraction of sp³-hybridized carbons (Fsp3) is 0.385. The van der Waals surface area contributed by atoms with Crippen molar-refractivity contribution in [1.82, 2.24) is 9.88 Å². The molecule has 7 heteroatoms. The molecule has 1 heterocycles. The molecule has 108 valence electrons. The highest BCUT2D eigenvalue weighted by Crippen LogP contribution is 2.27. The minimum Gasteiger partial charge on any atom is -0.399 e. The van der Waals surface area contributed by atoms with Gasteiger partial charge in [0.25, 0.3) is 0 Å². The fourth-order valence-electron chi connectivity index (χ4n) is 1.75. The van der Waals surface area contributed by atoms with Gasteiger partial charge in [-0.3, -0.25) is 4.79 Å². The summed E-state index contributed by atoms with van der Waals surface area (Å²) < 4.78 is 0.956. The Labute approximate surface area is 121 Å². The highest BCUT2D eigenvalue weighted by Gasteiger charge is 2.09. The third-order valence-corrected chi connectivity index (χ3v) is 3.79. The summed E-state index contributed by atoms with van der Waals surface area (Å²) in [7, 11) is 1.87. The van der Waals surface area contributed by atoms with Gasteiger partial charge in [-0.05, 0) is 25.2 Å². The van der Waals surface area contributed by atoms with Crippen LogP contribution in [0, 0.1) is 0 Å². The number of likely N-dealkylation sites (N-methyl/N-ethyl adjacent to an activating group) is 1. The lowest BCUT2D eigenvalue weighted by Crippen LogP contribution is -2.26. The molecule has 0 bridgehead atoms. The van der Waals surface area contributed by atoms with Crippen LogP contribution in [0.15, 0.2) is 18.2 Å². The van der Waals surface area contributed by atoms with Gasteiger partial charge in [0.15, 0.2) is 5.13 Å². The normalized spacial score (nSPS) is 11.2. The molecule has 20 heavy (non-hydrogen) atoms. The molecule has 1 amide bonds. The van der Waals surface area contributed by atoms with E-state index >= 15 is 0 Å². The van der Waals surface area contributed by atoms with E-state index in [0.717, 1.165) is 10.2 Å². The van der Waals surface area contributed by atoms with Gasteiger partial charge in [-0.15, -0.1) is 0 Å². The van der Waals surface area contributed by atoms with Gasteiger partial charge in [-0.1, -0.05) is 11.3 Å². The second kappa shape index (κ2) is 6.65. The van der Waals surface area contributed by atoms with E-state index in [0.29, 0.717) is 30.3 Å². The number of nitrogens with two attached hydrogens (primary N) is 1. The Balaban J connectivity index is 1.92. The number of nitrogen functional groups attached to an aromatic ring is 1. The van der Waals surface area contributed by atoms with Gasteiger partial charge in [-0.2, -0.15) is 0 Å². The minimum absolute atomic E-state index is 0.0817. The molecule has 0 spiro atoms. The molecule has 0 aliphatic heterocycles. The third kappa shape index (κ3) is 3.89. The monoisotopic (exact) mass is 294 g/mol. The summed E-state index contributed by atoms with van der Waals surface area (Å²) in [4.78, 5) is 18.0. The molecule has 1 aromatic heterocycles. The van der Waals surface area contributed by atoms with Crippen LogP contribution in [-0.2, 0) is 4.79 Å². The topological polar surface area (TPSA) is 91.5 Å². The number of nitrogens with one attached hydrogen (secondary N) is 1. The van der Waals surface area contributed by atoms with Crippen molar-refractivity contribution < 1.29 is 9.90 Å². The number of carbonyl (C=O) groups is 1. The zero-order chi connectivity index (χ0) is 14.5. The molecule has 2 rings (SSSR count). The van der Waals surface area contributed by atoms with Crippen molar-refractivity contribution >= 4 is 38.3 Å². The molecule has 0 saturated carbocycles. The zero-order valence-electron chi connectivity index (χ0n) is 11.3. The molecule has 1 aromatic carbocycles. The van der Waals surface area contributed by atoms with E-state index in [9.17, 15) is 4.79 Å².